The maximum Gasteiger partial charge on any atom is 0.187 e. The van der Waals surface area contributed by atoms with Crippen molar-refractivity contribution in [3.63, 3.8) is 0 Å². The van der Waals surface area contributed by atoms with E-state index in [1.54, 1.807) is 24.3 Å². The van der Waals surface area contributed by atoms with E-state index < -0.39 is 0 Å². The highest BCUT2D eigenvalue weighted by Crippen LogP contribution is 2.22. The first-order chi connectivity index (χ1) is 10.5. The Hall–Kier alpha value is -1.61. The fourth-order valence-corrected chi connectivity index (χ4v) is 2.55. The zero-order valence-electron chi connectivity index (χ0n) is 12.5. The Morgan fingerprint density at radius 2 is 1.77 bits per heavy atom. The van der Waals surface area contributed by atoms with E-state index in [0.29, 0.717) is 15.6 Å². The van der Waals surface area contributed by atoms with Crippen LogP contribution in [-0.4, -0.2) is 24.8 Å². The summed E-state index contributed by atoms with van der Waals surface area (Å²) in [5.41, 5.74) is 2.65. The fourth-order valence-electron chi connectivity index (χ4n) is 2.05. The van der Waals surface area contributed by atoms with Crippen LogP contribution in [0.3, 0.4) is 0 Å². The van der Waals surface area contributed by atoms with Gasteiger partial charge in [0.15, 0.2) is 5.78 Å². The number of carbonyl (C=O) groups excluding carboxylic acids is 1. The molecule has 114 valence electrons. The van der Waals surface area contributed by atoms with Crippen LogP contribution in [-0.2, 0) is 6.54 Å². The Bertz CT molecular complexity index is 691. The second-order valence-electron chi connectivity index (χ2n) is 5.30. The van der Waals surface area contributed by atoms with Crippen LogP contribution in [0.15, 0.2) is 48.5 Å². The summed E-state index contributed by atoms with van der Waals surface area (Å²) >= 11 is 11.9. The third kappa shape index (κ3) is 4.70. The largest absolute Gasteiger partial charge is 0.305 e. The van der Waals surface area contributed by atoms with Gasteiger partial charge in [-0.1, -0.05) is 53.5 Å². The lowest BCUT2D eigenvalue weighted by Crippen LogP contribution is -2.10. The molecular formula is C18H17Cl2NO. The molecule has 0 heterocycles. The van der Waals surface area contributed by atoms with Crippen molar-refractivity contribution in [3.8, 4) is 0 Å². The highest BCUT2D eigenvalue weighted by atomic mass is 35.5. The first-order valence-corrected chi connectivity index (χ1v) is 7.62. The molecule has 0 radical (unpaired) electrons. The lowest BCUT2D eigenvalue weighted by atomic mass is 10.1. The summed E-state index contributed by atoms with van der Waals surface area (Å²) in [7, 11) is 4.06. The summed E-state index contributed by atoms with van der Waals surface area (Å²) < 4.78 is 0. The number of hydrogen-bond acceptors (Lipinski definition) is 2. The number of rotatable bonds is 5. The SMILES string of the molecule is CN(C)Cc1ccc(/C=C/C(=O)c2ccc(Cl)cc2Cl)cc1. The van der Waals surface area contributed by atoms with Crippen molar-refractivity contribution < 1.29 is 4.79 Å². The molecule has 0 atom stereocenters. The number of carbonyl (C=O) groups is 1. The van der Waals surface area contributed by atoms with E-state index in [-0.39, 0.29) is 5.78 Å². The molecule has 2 rings (SSSR count). The van der Waals surface area contributed by atoms with E-state index >= 15 is 0 Å². The molecule has 0 saturated carbocycles. The van der Waals surface area contributed by atoms with Crippen LogP contribution >= 0.6 is 23.2 Å². The van der Waals surface area contributed by atoms with E-state index in [2.05, 4.69) is 17.0 Å². The fraction of sp³-hybridized carbons (Fsp3) is 0.167. The van der Waals surface area contributed by atoms with Crippen LogP contribution in [0, 0.1) is 0 Å². The van der Waals surface area contributed by atoms with E-state index in [9.17, 15) is 4.79 Å². The minimum Gasteiger partial charge on any atom is -0.305 e. The highest BCUT2D eigenvalue weighted by molar-refractivity contribution is 6.37. The molecule has 0 spiro atoms. The zero-order chi connectivity index (χ0) is 16.1. The Kier molecular flexibility index (Phi) is 5.78. The van der Waals surface area contributed by atoms with Gasteiger partial charge in [0.25, 0.3) is 0 Å². The van der Waals surface area contributed by atoms with Crippen molar-refractivity contribution in [2.45, 2.75) is 6.54 Å². The number of ketones is 1. The lowest BCUT2D eigenvalue weighted by Gasteiger charge is -2.09. The Morgan fingerprint density at radius 3 is 2.36 bits per heavy atom. The molecule has 0 saturated heterocycles. The summed E-state index contributed by atoms with van der Waals surface area (Å²) in [6, 6.07) is 13.0. The van der Waals surface area contributed by atoms with Gasteiger partial charge in [0.2, 0.25) is 0 Å². The van der Waals surface area contributed by atoms with Crippen LogP contribution < -0.4 is 0 Å². The van der Waals surface area contributed by atoms with Gasteiger partial charge in [-0.15, -0.1) is 0 Å². The number of allylic oxidation sites excluding steroid dienone is 1. The van der Waals surface area contributed by atoms with Crippen molar-refractivity contribution in [2.75, 3.05) is 14.1 Å². The normalized spacial score (nSPS) is 11.3. The highest BCUT2D eigenvalue weighted by Gasteiger charge is 2.07. The van der Waals surface area contributed by atoms with Crippen molar-refractivity contribution in [1.82, 2.24) is 4.90 Å². The molecule has 2 aromatic carbocycles. The molecule has 0 aliphatic carbocycles. The van der Waals surface area contributed by atoms with Gasteiger partial charge >= 0.3 is 0 Å². The topological polar surface area (TPSA) is 20.3 Å². The standard InChI is InChI=1S/C18H17Cl2NO/c1-21(2)12-14-5-3-13(4-6-14)7-10-18(22)16-9-8-15(19)11-17(16)20/h3-11H,12H2,1-2H3/b10-7+. The molecule has 0 fully saturated rings. The van der Waals surface area contributed by atoms with Crippen LogP contribution in [0.4, 0.5) is 0 Å². The molecule has 0 unspecified atom stereocenters. The van der Waals surface area contributed by atoms with Gasteiger partial charge in [-0.3, -0.25) is 4.79 Å². The van der Waals surface area contributed by atoms with Gasteiger partial charge in [0.05, 0.1) is 5.02 Å². The van der Waals surface area contributed by atoms with Crippen LogP contribution in [0.1, 0.15) is 21.5 Å². The average molecular weight is 334 g/mol. The number of benzene rings is 2. The van der Waals surface area contributed by atoms with E-state index in [1.165, 1.54) is 11.6 Å². The maximum absolute atomic E-state index is 12.1. The van der Waals surface area contributed by atoms with Crippen LogP contribution in [0.25, 0.3) is 6.08 Å². The molecule has 2 aromatic rings. The zero-order valence-corrected chi connectivity index (χ0v) is 14.0. The van der Waals surface area contributed by atoms with Gasteiger partial charge in [0, 0.05) is 17.1 Å². The van der Waals surface area contributed by atoms with Gasteiger partial charge in [0.1, 0.15) is 0 Å². The number of hydrogen-bond donors (Lipinski definition) is 0. The van der Waals surface area contributed by atoms with Crippen molar-refractivity contribution in [2.24, 2.45) is 0 Å². The van der Waals surface area contributed by atoms with Gasteiger partial charge in [-0.05, 0) is 49.5 Å². The first-order valence-electron chi connectivity index (χ1n) is 6.87. The molecule has 22 heavy (non-hydrogen) atoms. The van der Waals surface area contributed by atoms with Crippen LogP contribution in [0.2, 0.25) is 10.0 Å². The van der Waals surface area contributed by atoms with Crippen molar-refractivity contribution >= 4 is 35.1 Å². The number of nitrogens with zero attached hydrogens (tertiary/aromatic N) is 1. The lowest BCUT2D eigenvalue weighted by molar-refractivity contribution is 0.104. The summed E-state index contributed by atoms with van der Waals surface area (Å²) in [5.74, 6) is -0.140. The molecular weight excluding hydrogens is 317 g/mol. The summed E-state index contributed by atoms with van der Waals surface area (Å²) in [6.45, 7) is 0.892. The third-order valence-corrected chi connectivity index (χ3v) is 3.65. The Morgan fingerprint density at radius 1 is 1.09 bits per heavy atom. The molecule has 0 aliphatic rings. The molecule has 0 N–H and O–H groups in total. The monoisotopic (exact) mass is 333 g/mol. The van der Waals surface area contributed by atoms with Gasteiger partial charge < -0.3 is 4.90 Å². The Balaban J connectivity index is 2.09. The maximum atomic E-state index is 12.1. The second-order valence-corrected chi connectivity index (χ2v) is 6.14. The smallest absolute Gasteiger partial charge is 0.187 e. The molecule has 0 aliphatic heterocycles. The van der Waals surface area contributed by atoms with E-state index in [1.807, 2.05) is 26.2 Å². The predicted octanol–water partition coefficient (Wildman–Crippen LogP) is 4.95. The second kappa shape index (κ2) is 7.59. The van der Waals surface area contributed by atoms with E-state index in [0.717, 1.165) is 12.1 Å². The minimum atomic E-state index is -0.140. The molecule has 0 amide bonds. The summed E-state index contributed by atoms with van der Waals surface area (Å²) in [4.78, 5) is 14.2. The van der Waals surface area contributed by atoms with Gasteiger partial charge in [-0.25, -0.2) is 0 Å². The molecule has 0 bridgehead atoms. The van der Waals surface area contributed by atoms with Crippen molar-refractivity contribution in [1.29, 1.82) is 0 Å². The third-order valence-electron chi connectivity index (χ3n) is 3.10. The summed E-state index contributed by atoms with van der Waals surface area (Å²) in [5, 5.41) is 0.880. The minimum absolute atomic E-state index is 0.140. The molecule has 2 nitrogen and oxygen atoms in total. The number of halogens is 2. The molecule has 4 heteroatoms. The molecule has 0 aromatic heterocycles. The van der Waals surface area contributed by atoms with Gasteiger partial charge in [-0.2, -0.15) is 0 Å². The van der Waals surface area contributed by atoms with E-state index in [4.69, 9.17) is 23.2 Å². The predicted molar refractivity (Wildman–Crippen MR) is 93.7 cm³/mol. The van der Waals surface area contributed by atoms with Crippen molar-refractivity contribution in [3.05, 3.63) is 75.3 Å². The first kappa shape index (κ1) is 16.8. The van der Waals surface area contributed by atoms with Crippen LogP contribution in [0.5, 0.6) is 0 Å². The average Bonchev–Trinajstić information content (AvgIpc) is 2.45. The summed E-state index contributed by atoms with van der Waals surface area (Å²) in [6.07, 6.45) is 3.31. The quantitative estimate of drug-likeness (QED) is 0.569. The Labute approximate surface area is 141 Å².